The number of aromatic nitrogens is 1. The van der Waals surface area contributed by atoms with E-state index < -0.39 is 10.0 Å². The lowest BCUT2D eigenvalue weighted by Gasteiger charge is -2.33. The average Bonchev–Trinajstić information content (AvgIpc) is 3.10. The molecular weight excluding hydrogens is 405 g/mol. The van der Waals surface area contributed by atoms with E-state index in [2.05, 4.69) is 4.98 Å². The Morgan fingerprint density at radius 3 is 2.37 bits per heavy atom. The third kappa shape index (κ3) is 4.24. The van der Waals surface area contributed by atoms with Crippen LogP contribution >= 0.6 is 0 Å². The number of fused-ring (bicyclic) bond motifs is 1. The molecule has 1 aliphatic heterocycles. The number of sulfonamides is 1. The number of nitrogens with zero attached hydrogens (tertiary/aromatic N) is 2. The maximum atomic E-state index is 13.4. The van der Waals surface area contributed by atoms with Crippen molar-refractivity contribution in [3.05, 3.63) is 59.9 Å². The van der Waals surface area contributed by atoms with Gasteiger partial charge >= 0.3 is 0 Å². The average molecular weight is 430 g/mol. The highest BCUT2D eigenvalue weighted by atomic mass is 32.2. The quantitative estimate of drug-likeness (QED) is 0.678. The summed E-state index contributed by atoms with van der Waals surface area (Å²) in [6.45, 7) is 1.48. The maximum Gasteiger partial charge on any atom is 0.222 e. The summed E-state index contributed by atoms with van der Waals surface area (Å²) in [6.07, 6.45) is 2.06. The molecule has 0 unspecified atom stereocenters. The first-order chi connectivity index (χ1) is 14.3. The molecule has 1 N–H and O–H groups in total. The van der Waals surface area contributed by atoms with Crippen molar-refractivity contribution in [2.45, 2.75) is 12.8 Å². The van der Waals surface area contributed by atoms with Crippen LogP contribution in [0.4, 0.5) is 4.39 Å². The molecule has 2 aromatic carbocycles. The van der Waals surface area contributed by atoms with Gasteiger partial charge in [0.2, 0.25) is 15.9 Å². The van der Waals surface area contributed by atoms with E-state index in [4.69, 9.17) is 0 Å². The van der Waals surface area contributed by atoms with Crippen LogP contribution in [-0.2, 0) is 21.2 Å². The fraction of sp³-hybridized carbons (Fsp3) is 0.318. The Kier molecular flexibility index (Phi) is 5.62. The van der Waals surface area contributed by atoms with Gasteiger partial charge in [0.25, 0.3) is 0 Å². The second kappa shape index (κ2) is 8.20. The van der Waals surface area contributed by atoms with Crippen molar-refractivity contribution in [3.63, 3.8) is 0 Å². The summed E-state index contributed by atoms with van der Waals surface area (Å²) in [5.41, 5.74) is 3.77. The van der Waals surface area contributed by atoms with Gasteiger partial charge in [-0.3, -0.25) is 4.79 Å². The fourth-order valence-corrected chi connectivity index (χ4v) is 4.81. The molecule has 2 heterocycles. The van der Waals surface area contributed by atoms with Gasteiger partial charge in [-0.1, -0.05) is 18.2 Å². The lowest BCUT2D eigenvalue weighted by atomic mass is 10.0. The number of amides is 1. The second-order valence-electron chi connectivity index (χ2n) is 7.57. The number of para-hydroxylation sites is 1. The number of piperazine rings is 1. The summed E-state index contributed by atoms with van der Waals surface area (Å²) in [5.74, 6) is -0.279. The molecule has 1 amide bonds. The van der Waals surface area contributed by atoms with E-state index in [9.17, 15) is 17.6 Å². The number of H-pyrrole nitrogens is 1. The smallest absolute Gasteiger partial charge is 0.222 e. The Bertz CT molecular complexity index is 1160. The minimum Gasteiger partial charge on any atom is -0.354 e. The van der Waals surface area contributed by atoms with Gasteiger partial charge in [0, 0.05) is 49.2 Å². The van der Waals surface area contributed by atoms with Crippen molar-refractivity contribution in [1.29, 1.82) is 0 Å². The van der Waals surface area contributed by atoms with Gasteiger partial charge in [-0.25, -0.2) is 12.8 Å². The molecule has 0 saturated carbocycles. The zero-order valence-corrected chi connectivity index (χ0v) is 17.6. The maximum absolute atomic E-state index is 13.4. The molecule has 1 aliphatic rings. The summed E-state index contributed by atoms with van der Waals surface area (Å²) in [4.78, 5) is 17.9. The normalized spacial score (nSPS) is 15.6. The Labute approximate surface area is 175 Å². The Morgan fingerprint density at radius 2 is 1.70 bits per heavy atom. The highest BCUT2D eigenvalue weighted by Gasteiger charge is 2.26. The van der Waals surface area contributed by atoms with Crippen LogP contribution < -0.4 is 0 Å². The van der Waals surface area contributed by atoms with Crippen LogP contribution in [0.3, 0.4) is 0 Å². The third-order valence-electron chi connectivity index (χ3n) is 5.60. The van der Waals surface area contributed by atoms with E-state index in [1.165, 1.54) is 22.7 Å². The van der Waals surface area contributed by atoms with Crippen molar-refractivity contribution in [2.75, 3.05) is 32.4 Å². The number of hydrogen-bond donors (Lipinski definition) is 1. The first-order valence-electron chi connectivity index (χ1n) is 9.91. The van der Waals surface area contributed by atoms with Crippen LogP contribution in [-0.4, -0.2) is 60.9 Å². The third-order valence-corrected chi connectivity index (χ3v) is 6.90. The van der Waals surface area contributed by atoms with Gasteiger partial charge in [0.05, 0.1) is 6.26 Å². The number of nitrogens with one attached hydrogen (secondary N) is 1. The van der Waals surface area contributed by atoms with Gasteiger partial charge in [-0.2, -0.15) is 4.31 Å². The fourth-order valence-electron chi connectivity index (χ4n) is 3.98. The van der Waals surface area contributed by atoms with Gasteiger partial charge in [0.15, 0.2) is 0 Å². The predicted octanol–water partition coefficient (Wildman–Crippen LogP) is 3.01. The molecule has 0 spiro atoms. The molecule has 158 valence electrons. The van der Waals surface area contributed by atoms with Crippen LogP contribution in [0.5, 0.6) is 0 Å². The number of halogens is 1. The lowest BCUT2D eigenvalue weighted by Crippen LogP contribution is -2.50. The summed E-state index contributed by atoms with van der Waals surface area (Å²) in [6, 6.07) is 14.2. The van der Waals surface area contributed by atoms with Crippen LogP contribution in [0.15, 0.2) is 48.5 Å². The van der Waals surface area contributed by atoms with Crippen LogP contribution in [0, 0.1) is 5.82 Å². The van der Waals surface area contributed by atoms with Gasteiger partial charge < -0.3 is 9.88 Å². The van der Waals surface area contributed by atoms with Crippen molar-refractivity contribution in [2.24, 2.45) is 0 Å². The molecule has 0 aliphatic carbocycles. The summed E-state index contributed by atoms with van der Waals surface area (Å²) in [7, 11) is -3.22. The van der Waals surface area contributed by atoms with E-state index in [0.29, 0.717) is 39.0 Å². The molecule has 1 aromatic heterocycles. The standard InChI is InChI=1S/C22H24FN3O3S/c1-30(28,29)26-14-12-25(13-15-26)21(27)11-10-19-18-4-2-3-5-20(18)24-22(19)16-6-8-17(23)9-7-16/h2-9,24H,10-15H2,1H3. The van der Waals surface area contributed by atoms with Gasteiger partial charge in [0.1, 0.15) is 5.82 Å². The van der Waals surface area contributed by atoms with Gasteiger partial charge in [-0.15, -0.1) is 0 Å². The zero-order chi connectivity index (χ0) is 21.3. The van der Waals surface area contributed by atoms with E-state index in [1.807, 2.05) is 24.3 Å². The molecule has 0 atom stereocenters. The Balaban J connectivity index is 1.52. The molecule has 30 heavy (non-hydrogen) atoms. The van der Waals surface area contributed by atoms with Crippen LogP contribution in [0.25, 0.3) is 22.2 Å². The topological polar surface area (TPSA) is 73.5 Å². The highest BCUT2D eigenvalue weighted by Crippen LogP contribution is 2.31. The molecule has 1 fully saturated rings. The molecule has 6 nitrogen and oxygen atoms in total. The summed E-state index contributed by atoms with van der Waals surface area (Å²) in [5, 5.41) is 1.05. The second-order valence-corrected chi connectivity index (χ2v) is 9.56. The molecule has 4 rings (SSSR count). The number of rotatable bonds is 5. The number of aryl methyl sites for hydroxylation is 1. The number of aromatic amines is 1. The first kappa shape index (κ1) is 20.6. The molecule has 1 saturated heterocycles. The van der Waals surface area contributed by atoms with Crippen molar-refractivity contribution < 1.29 is 17.6 Å². The number of benzene rings is 2. The lowest BCUT2D eigenvalue weighted by molar-refractivity contribution is -0.132. The SMILES string of the molecule is CS(=O)(=O)N1CCN(C(=O)CCc2c(-c3ccc(F)cc3)[nH]c3ccccc23)CC1. The van der Waals surface area contributed by atoms with E-state index >= 15 is 0 Å². The van der Waals surface area contributed by atoms with E-state index in [0.717, 1.165) is 27.7 Å². The molecule has 0 bridgehead atoms. The largest absolute Gasteiger partial charge is 0.354 e. The minimum absolute atomic E-state index is 0.0125. The molecule has 3 aromatic rings. The minimum atomic E-state index is -3.22. The molecular formula is C22H24FN3O3S. The van der Waals surface area contributed by atoms with Crippen LogP contribution in [0.2, 0.25) is 0 Å². The summed E-state index contributed by atoms with van der Waals surface area (Å²) < 4.78 is 38.1. The predicted molar refractivity (Wildman–Crippen MR) is 115 cm³/mol. The Morgan fingerprint density at radius 1 is 1.03 bits per heavy atom. The molecule has 8 heteroatoms. The first-order valence-corrected chi connectivity index (χ1v) is 11.8. The van der Waals surface area contributed by atoms with E-state index in [1.54, 1.807) is 17.0 Å². The zero-order valence-electron chi connectivity index (χ0n) is 16.8. The van der Waals surface area contributed by atoms with Gasteiger partial charge in [-0.05, 0) is 47.9 Å². The number of carbonyl (C=O) groups excluding carboxylic acids is 1. The van der Waals surface area contributed by atoms with Crippen molar-refractivity contribution in [1.82, 2.24) is 14.2 Å². The Hall–Kier alpha value is -2.71. The number of hydrogen-bond acceptors (Lipinski definition) is 3. The monoisotopic (exact) mass is 429 g/mol. The molecule has 0 radical (unpaired) electrons. The highest BCUT2D eigenvalue weighted by molar-refractivity contribution is 7.88. The van der Waals surface area contributed by atoms with E-state index in [-0.39, 0.29) is 11.7 Å². The number of carbonyl (C=O) groups is 1. The van der Waals surface area contributed by atoms with Crippen LogP contribution in [0.1, 0.15) is 12.0 Å². The summed E-state index contributed by atoms with van der Waals surface area (Å²) >= 11 is 0. The van der Waals surface area contributed by atoms with Crippen molar-refractivity contribution in [3.8, 4) is 11.3 Å². The van der Waals surface area contributed by atoms with Crippen molar-refractivity contribution >= 4 is 26.8 Å².